The Morgan fingerprint density at radius 1 is 1.25 bits per heavy atom. The quantitative estimate of drug-likeness (QED) is 0.820. The van der Waals surface area contributed by atoms with Gasteiger partial charge in [0, 0.05) is 11.5 Å². The molecule has 24 heavy (non-hydrogen) atoms. The Balaban J connectivity index is 1.86. The molecule has 2 heterocycles. The van der Waals surface area contributed by atoms with E-state index >= 15 is 0 Å². The van der Waals surface area contributed by atoms with Gasteiger partial charge in [0.05, 0.1) is 11.8 Å². The Kier molecular flexibility index (Phi) is 3.66. The molecule has 2 aliphatic rings. The Hall–Kier alpha value is -2.87. The van der Waals surface area contributed by atoms with Gasteiger partial charge in [-0.1, -0.05) is 42.5 Å². The Morgan fingerprint density at radius 3 is 2.79 bits per heavy atom. The Morgan fingerprint density at radius 2 is 2.08 bits per heavy atom. The predicted molar refractivity (Wildman–Crippen MR) is 90.7 cm³/mol. The van der Waals surface area contributed by atoms with Crippen molar-refractivity contribution in [1.82, 2.24) is 10.2 Å². The highest BCUT2D eigenvalue weighted by molar-refractivity contribution is 5.85. The number of nitrogens with one attached hydrogen (secondary N) is 2. The number of rotatable bonds is 2. The second-order valence-corrected chi connectivity index (χ2v) is 6.33. The van der Waals surface area contributed by atoms with E-state index < -0.39 is 5.92 Å². The molecule has 0 radical (unpaired) electrons. The number of aromatic nitrogens is 2. The van der Waals surface area contributed by atoms with Gasteiger partial charge in [-0.3, -0.25) is 10.5 Å². The van der Waals surface area contributed by atoms with Crippen molar-refractivity contribution < 1.29 is 4.74 Å². The molecule has 1 aromatic carbocycles. The lowest BCUT2D eigenvalue weighted by Gasteiger charge is -2.34. The van der Waals surface area contributed by atoms with E-state index in [0.717, 1.165) is 36.1 Å². The molecule has 5 heteroatoms. The number of benzene rings is 1. The van der Waals surface area contributed by atoms with Crippen LogP contribution in [0.2, 0.25) is 0 Å². The monoisotopic (exact) mass is 318 g/mol. The van der Waals surface area contributed by atoms with Gasteiger partial charge in [-0.25, -0.2) is 0 Å². The normalized spacial score (nSPS) is 25.6. The minimum absolute atomic E-state index is 0.00987. The van der Waals surface area contributed by atoms with Crippen LogP contribution >= 0.6 is 0 Å². The van der Waals surface area contributed by atoms with Crippen LogP contribution in [0, 0.1) is 28.6 Å². The van der Waals surface area contributed by atoms with Crippen LogP contribution in [0.1, 0.15) is 30.7 Å². The predicted octanol–water partition coefficient (Wildman–Crippen LogP) is 4.03. The molecule has 3 atom stereocenters. The Bertz CT molecular complexity index is 831. The summed E-state index contributed by atoms with van der Waals surface area (Å²) in [7, 11) is 0. The lowest BCUT2D eigenvalue weighted by Crippen LogP contribution is -2.34. The fraction of sp³-hybridized carbons (Fsp3) is 0.316. The molecule has 3 unspecified atom stereocenters. The molecule has 0 spiro atoms. The van der Waals surface area contributed by atoms with Crippen LogP contribution in [-0.4, -0.2) is 16.1 Å². The summed E-state index contributed by atoms with van der Waals surface area (Å²) in [6, 6.07) is 12.3. The van der Waals surface area contributed by atoms with Crippen molar-refractivity contribution in [1.29, 1.82) is 10.7 Å². The number of nitriles is 1. The van der Waals surface area contributed by atoms with Gasteiger partial charge in [0.25, 0.3) is 0 Å². The van der Waals surface area contributed by atoms with E-state index in [1.165, 1.54) is 0 Å². The lowest BCUT2D eigenvalue weighted by molar-refractivity contribution is 0.318. The third kappa shape index (κ3) is 2.31. The summed E-state index contributed by atoms with van der Waals surface area (Å²) in [4.78, 5) is 0. The van der Waals surface area contributed by atoms with Crippen molar-refractivity contribution in [3.63, 3.8) is 0 Å². The first-order valence-electron chi connectivity index (χ1n) is 8.24. The lowest BCUT2D eigenvalue weighted by atomic mass is 9.71. The highest BCUT2D eigenvalue weighted by Gasteiger charge is 2.43. The zero-order chi connectivity index (χ0) is 16.5. The first kappa shape index (κ1) is 14.7. The van der Waals surface area contributed by atoms with E-state index in [1.807, 2.05) is 30.3 Å². The third-order valence-electron chi connectivity index (χ3n) is 4.97. The molecule has 1 aliphatic heterocycles. The van der Waals surface area contributed by atoms with Gasteiger partial charge >= 0.3 is 0 Å². The number of H-pyrrole nitrogens is 1. The summed E-state index contributed by atoms with van der Waals surface area (Å²) < 4.78 is 5.56. The third-order valence-corrected chi connectivity index (χ3v) is 4.97. The molecule has 1 aliphatic carbocycles. The summed E-state index contributed by atoms with van der Waals surface area (Å²) in [6.45, 7) is 0. The minimum atomic E-state index is -0.561. The maximum Gasteiger partial charge on any atom is 0.243 e. The van der Waals surface area contributed by atoms with E-state index in [2.05, 4.69) is 28.4 Å². The topological polar surface area (TPSA) is 85.6 Å². The molecule has 2 aromatic rings. The largest absolute Gasteiger partial charge is 0.422 e. The van der Waals surface area contributed by atoms with Gasteiger partial charge in [-0.05, 0) is 30.7 Å². The average Bonchev–Trinajstić information content (AvgIpc) is 3.05. The van der Waals surface area contributed by atoms with Gasteiger partial charge in [-0.15, -0.1) is 5.10 Å². The minimum Gasteiger partial charge on any atom is -0.422 e. The molecule has 0 saturated heterocycles. The molecule has 4 rings (SSSR count). The zero-order valence-electron chi connectivity index (χ0n) is 13.2. The second kappa shape index (κ2) is 5.97. The second-order valence-electron chi connectivity index (χ2n) is 6.33. The molecule has 120 valence electrons. The van der Waals surface area contributed by atoms with Gasteiger partial charge in [0.2, 0.25) is 11.8 Å². The SMILES string of the molecule is N#CC1C(=N)Oc2n[nH]c(-c3ccccc3)c2C1C1CC=CCC1. The molecule has 0 saturated carbocycles. The van der Waals surface area contributed by atoms with Crippen molar-refractivity contribution in [2.75, 3.05) is 0 Å². The highest BCUT2D eigenvalue weighted by atomic mass is 16.5. The van der Waals surface area contributed by atoms with Crippen LogP contribution in [-0.2, 0) is 0 Å². The summed E-state index contributed by atoms with van der Waals surface area (Å²) in [5, 5.41) is 25.1. The molecule has 5 nitrogen and oxygen atoms in total. The van der Waals surface area contributed by atoms with Crippen molar-refractivity contribution in [3.05, 3.63) is 48.0 Å². The van der Waals surface area contributed by atoms with E-state index in [4.69, 9.17) is 10.1 Å². The molecule has 1 aromatic heterocycles. The van der Waals surface area contributed by atoms with E-state index in [0.29, 0.717) is 11.8 Å². The highest BCUT2D eigenvalue weighted by Crippen LogP contribution is 2.48. The molecule has 0 fully saturated rings. The molecule has 2 N–H and O–H groups in total. The molecular formula is C19H18N4O. The summed E-state index contributed by atoms with van der Waals surface area (Å²) in [5.74, 6) is 0.155. The first-order chi connectivity index (χ1) is 11.8. The first-order valence-corrected chi connectivity index (χ1v) is 8.24. The van der Waals surface area contributed by atoms with Gasteiger partial charge in [0.1, 0.15) is 5.92 Å². The fourth-order valence-electron chi connectivity index (χ4n) is 3.83. The average molecular weight is 318 g/mol. The number of aromatic amines is 1. The standard InChI is InChI=1S/C19H18N4O/c20-11-14-15(12-7-3-1-4-8-12)16-17(13-9-5-2-6-10-13)22-23-19(16)24-18(14)21/h1-3,5-6,9-10,12,14-15,21H,4,7-8H2,(H,22,23). The smallest absolute Gasteiger partial charge is 0.243 e. The zero-order valence-corrected chi connectivity index (χ0v) is 13.2. The summed E-state index contributed by atoms with van der Waals surface area (Å²) in [5.41, 5.74) is 2.87. The van der Waals surface area contributed by atoms with Crippen molar-refractivity contribution >= 4 is 5.90 Å². The van der Waals surface area contributed by atoms with Gasteiger partial charge < -0.3 is 4.74 Å². The molecular weight excluding hydrogens is 300 g/mol. The molecule has 0 bridgehead atoms. The van der Waals surface area contributed by atoms with Crippen LogP contribution in [0.5, 0.6) is 5.88 Å². The van der Waals surface area contributed by atoms with Gasteiger partial charge in [0.15, 0.2) is 0 Å². The fourth-order valence-corrected chi connectivity index (χ4v) is 3.83. The van der Waals surface area contributed by atoms with Crippen molar-refractivity contribution in [2.45, 2.75) is 25.2 Å². The van der Waals surface area contributed by atoms with E-state index in [9.17, 15) is 5.26 Å². The number of fused-ring (bicyclic) bond motifs is 1. The Labute approximate surface area is 140 Å². The molecule has 0 amide bonds. The van der Waals surface area contributed by atoms with Crippen LogP contribution in [0.3, 0.4) is 0 Å². The van der Waals surface area contributed by atoms with E-state index in [1.54, 1.807) is 0 Å². The van der Waals surface area contributed by atoms with Crippen LogP contribution < -0.4 is 4.74 Å². The van der Waals surface area contributed by atoms with Crippen LogP contribution in [0.4, 0.5) is 0 Å². The van der Waals surface area contributed by atoms with Crippen LogP contribution in [0.15, 0.2) is 42.5 Å². The van der Waals surface area contributed by atoms with Crippen LogP contribution in [0.25, 0.3) is 11.3 Å². The summed E-state index contributed by atoms with van der Waals surface area (Å²) >= 11 is 0. The number of hydrogen-bond donors (Lipinski definition) is 2. The maximum atomic E-state index is 9.67. The number of hydrogen-bond acceptors (Lipinski definition) is 4. The van der Waals surface area contributed by atoms with Crippen molar-refractivity contribution in [2.24, 2.45) is 11.8 Å². The number of allylic oxidation sites excluding steroid dienone is 2. The van der Waals surface area contributed by atoms with Crippen molar-refractivity contribution in [3.8, 4) is 23.2 Å². The van der Waals surface area contributed by atoms with Gasteiger partial charge in [-0.2, -0.15) is 5.26 Å². The number of ether oxygens (including phenoxy) is 1. The maximum absolute atomic E-state index is 9.67. The number of nitrogens with zero attached hydrogens (tertiary/aromatic N) is 2. The van der Waals surface area contributed by atoms with E-state index in [-0.39, 0.29) is 11.8 Å². The summed E-state index contributed by atoms with van der Waals surface area (Å²) in [6.07, 6.45) is 7.34.